The minimum absolute atomic E-state index is 0.343. The van der Waals surface area contributed by atoms with Crippen LogP contribution in [0.25, 0.3) is 0 Å². The predicted octanol–water partition coefficient (Wildman–Crippen LogP) is 3.64. The third-order valence-corrected chi connectivity index (χ3v) is 8.58. The summed E-state index contributed by atoms with van der Waals surface area (Å²) in [7, 11) is 0. The highest BCUT2D eigenvalue weighted by Crippen LogP contribution is 2.23. The van der Waals surface area contributed by atoms with Gasteiger partial charge in [-0.3, -0.25) is 0 Å². The van der Waals surface area contributed by atoms with Gasteiger partial charge in [0, 0.05) is 6.54 Å². The standard InChI is InChI=1S/C33H66N2O9/c1-3-5-7-9-11-12-13-14-15-16-17-19-21-26(37)28(38)25(35-33(42)34-22-20-18-10-8-6-4-2)24-43-32-31(41)30(40)29(39)27(23-36)44-32/h25-32,36-41H,3-24H2,1-2H3,(H2,34,35,42)/t25-,26+,27?,28-,29?,30?,31?,32?/m0/s1. The van der Waals surface area contributed by atoms with Crippen molar-refractivity contribution in [2.24, 2.45) is 0 Å². The van der Waals surface area contributed by atoms with Gasteiger partial charge in [0.1, 0.15) is 30.5 Å². The summed E-state index contributed by atoms with van der Waals surface area (Å²) in [6, 6.07) is -1.56. The Hall–Kier alpha value is -1.05. The van der Waals surface area contributed by atoms with Crippen molar-refractivity contribution in [3.8, 4) is 0 Å². The molecule has 5 unspecified atom stereocenters. The maximum absolute atomic E-state index is 12.6. The zero-order valence-corrected chi connectivity index (χ0v) is 27.6. The number of amides is 2. The van der Waals surface area contributed by atoms with E-state index in [1.807, 2.05) is 0 Å². The van der Waals surface area contributed by atoms with E-state index in [1.165, 1.54) is 70.6 Å². The van der Waals surface area contributed by atoms with Crippen LogP contribution in [0.5, 0.6) is 0 Å². The third kappa shape index (κ3) is 17.6. The summed E-state index contributed by atoms with van der Waals surface area (Å²) < 4.78 is 11.0. The molecule has 1 aliphatic rings. The van der Waals surface area contributed by atoms with Gasteiger partial charge in [-0.05, 0) is 12.8 Å². The lowest BCUT2D eigenvalue weighted by molar-refractivity contribution is -0.303. The molecule has 0 radical (unpaired) electrons. The Bertz CT molecular complexity index is 688. The van der Waals surface area contributed by atoms with Crippen LogP contribution < -0.4 is 10.6 Å². The van der Waals surface area contributed by atoms with Crippen LogP contribution in [0.3, 0.4) is 0 Å². The van der Waals surface area contributed by atoms with Gasteiger partial charge in [0.15, 0.2) is 6.29 Å². The summed E-state index contributed by atoms with van der Waals surface area (Å²) in [5, 5.41) is 67.0. The van der Waals surface area contributed by atoms with E-state index in [0.29, 0.717) is 13.0 Å². The lowest BCUT2D eigenvalue weighted by Crippen LogP contribution is -2.60. The van der Waals surface area contributed by atoms with Crippen molar-refractivity contribution < 1.29 is 44.9 Å². The van der Waals surface area contributed by atoms with E-state index < -0.39 is 61.6 Å². The number of rotatable bonds is 27. The summed E-state index contributed by atoms with van der Waals surface area (Å²) in [5.41, 5.74) is 0. The molecule has 0 bridgehead atoms. The van der Waals surface area contributed by atoms with Gasteiger partial charge < -0.3 is 50.7 Å². The third-order valence-electron chi connectivity index (χ3n) is 8.58. The van der Waals surface area contributed by atoms with Crippen molar-refractivity contribution in [3.05, 3.63) is 0 Å². The van der Waals surface area contributed by atoms with Crippen LogP contribution >= 0.6 is 0 Å². The molecule has 44 heavy (non-hydrogen) atoms. The first-order valence-electron chi connectivity index (χ1n) is 17.6. The molecule has 8 atom stereocenters. The van der Waals surface area contributed by atoms with Crippen molar-refractivity contribution in [2.45, 2.75) is 185 Å². The molecule has 0 aromatic carbocycles. The fourth-order valence-corrected chi connectivity index (χ4v) is 5.59. The molecule has 0 spiro atoms. The minimum atomic E-state index is -1.61. The average Bonchev–Trinajstić information content (AvgIpc) is 3.02. The SMILES string of the molecule is CCCCCCCCCCCCCC[C@@H](O)[C@@H](O)[C@H](COC1OC(CO)C(O)C(O)C1O)NC(=O)NCCCCCCCC. The van der Waals surface area contributed by atoms with Gasteiger partial charge in [-0.2, -0.15) is 0 Å². The number of nitrogens with one attached hydrogen (secondary N) is 2. The van der Waals surface area contributed by atoms with Crippen LogP contribution in [-0.4, -0.2) is 105 Å². The number of carbonyl (C=O) groups excluding carboxylic acids is 1. The fraction of sp³-hybridized carbons (Fsp3) is 0.970. The molecule has 1 rings (SSSR count). The first kappa shape index (κ1) is 41.0. The molecular weight excluding hydrogens is 568 g/mol. The van der Waals surface area contributed by atoms with Crippen LogP contribution in [0, 0.1) is 0 Å². The van der Waals surface area contributed by atoms with Gasteiger partial charge in [0.05, 0.1) is 25.4 Å². The maximum Gasteiger partial charge on any atom is 0.315 e. The monoisotopic (exact) mass is 634 g/mol. The van der Waals surface area contributed by atoms with Gasteiger partial charge in [-0.25, -0.2) is 4.79 Å². The van der Waals surface area contributed by atoms with E-state index in [0.717, 1.165) is 44.9 Å². The Balaban J connectivity index is 2.53. The predicted molar refractivity (Wildman–Crippen MR) is 171 cm³/mol. The minimum Gasteiger partial charge on any atom is -0.394 e. The molecule has 0 aromatic heterocycles. The van der Waals surface area contributed by atoms with Crippen molar-refractivity contribution in [3.63, 3.8) is 0 Å². The highest BCUT2D eigenvalue weighted by Gasteiger charge is 2.44. The van der Waals surface area contributed by atoms with E-state index in [9.17, 15) is 35.4 Å². The molecule has 11 nitrogen and oxygen atoms in total. The quantitative estimate of drug-likeness (QED) is 0.0626. The molecule has 262 valence electrons. The van der Waals surface area contributed by atoms with Crippen molar-refractivity contribution in [2.75, 3.05) is 19.8 Å². The van der Waals surface area contributed by atoms with E-state index in [4.69, 9.17) is 9.47 Å². The van der Waals surface area contributed by atoms with Crippen LogP contribution in [0.1, 0.15) is 136 Å². The van der Waals surface area contributed by atoms with E-state index in [1.54, 1.807) is 0 Å². The Morgan fingerprint density at radius 2 is 1.23 bits per heavy atom. The van der Waals surface area contributed by atoms with Gasteiger partial charge >= 0.3 is 6.03 Å². The first-order chi connectivity index (χ1) is 21.3. The average molecular weight is 635 g/mol. The van der Waals surface area contributed by atoms with Crippen LogP contribution in [0.2, 0.25) is 0 Å². The number of aliphatic hydroxyl groups excluding tert-OH is 6. The second kappa shape index (κ2) is 26.1. The number of aliphatic hydroxyl groups is 6. The van der Waals surface area contributed by atoms with Crippen LogP contribution in [-0.2, 0) is 9.47 Å². The number of unbranched alkanes of at least 4 members (excludes halogenated alkanes) is 16. The molecule has 11 heteroatoms. The van der Waals surface area contributed by atoms with Crippen molar-refractivity contribution in [1.82, 2.24) is 10.6 Å². The lowest BCUT2D eigenvalue weighted by Gasteiger charge is -2.40. The van der Waals surface area contributed by atoms with Gasteiger partial charge in [-0.15, -0.1) is 0 Å². The van der Waals surface area contributed by atoms with Gasteiger partial charge in [0.2, 0.25) is 0 Å². The number of urea groups is 1. The van der Waals surface area contributed by atoms with E-state index in [2.05, 4.69) is 24.5 Å². The molecule has 8 N–H and O–H groups in total. The smallest absolute Gasteiger partial charge is 0.315 e. The topological polar surface area (TPSA) is 181 Å². The molecule has 1 aliphatic heterocycles. The molecule has 0 aromatic rings. The number of hydrogen-bond donors (Lipinski definition) is 8. The Kier molecular flexibility index (Phi) is 24.3. The summed E-state index contributed by atoms with van der Waals surface area (Å²) in [5.74, 6) is 0. The number of ether oxygens (including phenoxy) is 2. The second-order valence-electron chi connectivity index (χ2n) is 12.5. The largest absolute Gasteiger partial charge is 0.394 e. The van der Waals surface area contributed by atoms with E-state index >= 15 is 0 Å². The highest BCUT2D eigenvalue weighted by atomic mass is 16.7. The zero-order chi connectivity index (χ0) is 32.6. The maximum atomic E-state index is 12.6. The zero-order valence-electron chi connectivity index (χ0n) is 27.6. The van der Waals surface area contributed by atoms with Crippen molar-refractivity contribution >= 4 is 6.03 Å². The van der Waals surface area contributed by atoms with Gasteiger partial charge in [0.25, 0.3) is 0 Å². The van der Waals surface area contributed by atoms with Crippen LogP contribution in [0.4, 0.5) is 4.79 Å². The molecule has 2 amide bonds. The molecule has 0 aliphatic carbocycles. The molecule has 1 heterocycles. The second-order valence-corrected chi connectivity index (χ2v) is 12.5. The summed E-state index contributed by atoms with van der Waals surface area (Å²) in [6.45, 7) is 3.91. The number of hydrogen-bond acceptors (Lipinski definition) is 9. The molecule has 1 saturated heterocycles. The Morgan fingerprint density at radius 1 is 0.727 bits per heavy atom. The lowest BCUT2D eigenvalue weighted by atomic mass is 9.98. The summed E-state index contributed by atoms with van der Waals surface area (Å²) in [4.78, 5) is 12.6. The summed E-state index contributed by atoms with van der Waals surface area (Å²) in [6.07, 6.45) is 11.3. The fourth-order valence-electron chi connectivity index (χ4n) is 5.59. The Labute approximate surface area is 266 Å². The molecule has 0 saturated carbocycles. The Morgan fingerprint density at radius 3 is 1.75 bits per heavy atom. The highest BCUT2D eigenvalue weighted by molar-refractivity contribution is 5.74. The van der Waals surface area contributed by atoms with Crippen LogP contribution in [0.15, 0.2) is 0 Å². The number of carbonyl (C=O) groups is 1. The van der Waals surface area contributed by atoms with Crippen molar-refractivity contribution in [1.29, 1.82) is 0 Å². The van der Waals surface area contributed by atoms with Gasteiger partial charge in [-0.1, -0.05) is 123 Å². The first-order valence-corrected chi connectivity index (χ1v) is 17.6. The van der Waals surface area contributed by atoms with E-state index in [-0.39, 0.29) is 6.61 Å². The summed E-state index contributed by atoms with van der Waals surface area (Å²) >= 11 is 0. The normalized spacial score (nSPS) is 24.1. The molecular formula is C33H66N2O9. The molecule has 1 fully saturated rings.